The number of hydrogen-bond acceptors (Lipinski definition) is 4. The molecule has 0 heterocycles. The van der Waals surface area contributed by atoms with Gasteiger partial charge in [0.05, 0.1) is 6.61 Å². The quantitative estimate of drug-likeness (QED) is 0.610. The molecule has 0 saturated carbocycles. The van der Waals surface area contributed by atoms with E-state index >= 15 is 0 Å². The first kappa shape index (κ1) is 16.2. The molecular formula is C11H20O4. The van der Waals surface area contributed by atoms with Gasteiger partial charge in [-0.05, 0) is 20.3 Å². The smallest absolute Gasteiger partial charge is 0.305 e. The first-order valence-electron chi connectivity index (χ1n) is 4.67. The molecule has 0 saturated heterocycles. The molecule has 0 N–H and O–H groups in total. The van der Waals surface area contributed by atoms with Crippen LogP contribution in [0.4, 0.5) is 0 Å². The number of ketones is 2. The molecule has 0 rings (SSSR count). The van der Waals surface area contributed by atoms with Crippen molar-refractivity contribution in [2.45, 2.75) is 47.0 Å². The molecule has 0 aliphatic heterocycles. The van der Waals surface area contributed by atoms with E-state index in [9.17, 15) is 14.4 Å². The van der Waals surface area contributed by atoms with Crippen molar-refractivity contribution in [3.63, 3.8) is 0 Å². The molecule has 0 bridgehead atoms. The van der Waals surface area contributed by atoms with E-state index in [0.717, 1.165) is 0 Å². The first-order valence-corrected chi connectivity index (χ1v) is 4.67. The van der Waals surface area contributed by atoms with E-state index in [-0.39, 0.29) is 44.4 Å². The SMILES string of the molecule is C.CC(=O)CCCC(=O)OCCC(C)=O. The van der Waals surface area contributed by atoms with Crippen LogP contribution < -0.4 is 0 Å². The standard InChI is InChI=1S/C10H16O4.CH4/c1-8(11)4-3-5-10(13)14-7-6-9(2)12;/h3-7H2,1-2H3;1H4. The zero-order chi connectivity index (χ0) is 11.0. The van der Waals surface area contributed by atoms with Gasteiger partial charge in [-0.2, -0.15) is 0 Å². The third-order valence-corrected chi connectivity index (χ3v) is 1.63. The predicted molar refractivity (Wildman–Crippen MR) is 57.5 cm³/mol. The molecule has 0 radical (unpaired) electrons. The topological polar surface area (TPSA) is 60.4 Å². The van der Waals surface area contributed by atoms with E-state index < -0.39 is 0 Å². The van der Waals surface area contributed by atoms with Crippen LogP contribution in [-0.4, -0.2) is 24.1 Å². The van der Waals surface area contributed by atoms with Crippen LogP contribution in [-0.2, 0) is 19.1 Å². The Hall–Kier alpha value is -1.19. The number of rotatable bonds is 7. The fraction of sp³-hybridized carbons (Fsp3) is 0.727. The minimum atomic E-state index is -0.340. The number of ether oxygens (including phenoxy) is 1. The molecule has 0 amide bonds. The van der Waals surface area contributed by atoms with Gasteiger partial charge in [0.2, 0.25) is 0 Å². The Bertz CT molecular complexity index is 199. The summed E-state index contributed by atoms with van der Waals surface area (Å²) in [5.41, 5.74) is 0. The monoisotopic (exact) mass is 216 g/mol. The van der Waals surface area contributed by atoms with Crippen molar-refractivity contribution >= 4 is 17.5 Å². The second kappa shape index (κ2) is 9.37. The normalized spacial score (nSPS) is 8.93. The third kappa shape index (κ3) is 12.8. The van der Waals surface area contributed by atoms with Crippen molar-refractivity contribution in [2.24, 2.45) is 0 Å². The van der Waals surface area contributed by atoms with Crippen molar-refractivity contribution < 1.29 is 19.1 Å². The number of carbonyl (C=O) groups is 3. The van der Waals surface area contributed by atoms with E-state index in [1.165, 1.54) is 13.8 Å². The van der Waals surface area contributed by atoms with Crippen LogP contribution in [0, 0.1) is 0 Å². The Labute approximate surface area is 91.0 Å². The zero-order valence-corrected chi connectivity index (χ0v) is 8.67. The van der Waals surface area contributed by atoms with E-state index in [1.54, 1.807) is 0 Å². The van der Waals surface area contributed by atoms with Gasteiger partial charge in [-0.25, -0.2) is 0 Å². The molecular weight excluding hydrogens is 196 g/mol. The van der Waals surface area contributed by atoms with Crippen LogP contribution in [0.3, 0.4) is 0 Å². The Balaban J connectivity index is 0. The molecule has 0 spiro atoms. The van der Waals surface area contributed by atoms with Crippen LogP contribution in [0.2, 0.25) is 0 Å². The van der Waals surface area contributed by atoms with Crippen molar-refractivity contribution in [2.75, 3.05) is 6.61 Å². The highest BCUT2D eigenvalue weighted by Crippen LogP contribution is 1.99. The number of carbonyl (C=O) groups excluding carboxylic acids is 3. The minimum Gasteiger partial charge on any atom is -0.465 e. The van der Waals surface area contributed by atoms with E-state index in [2.05, 4.69) is 0 Å². The lowest BCUT2D eigenvalue weighted by atomic mass is 10.2. The summed E-state index contributed by atoms with van der Waals surface area (Å²) in [4.78, 5) is 32.0. The summed E-state index contributed by atoms with van der Waals surface area (Å²) < 4.78 is 4.76. The van der Waals surface area contributed by atoms with Crippen molar-refractivity contribution in [3.05, 3.63) is 0 Å². The highest BCUT2D eigenvalue weighted by molar-refractivity contribution is 5.77. The van der Waals surface area contributed by atoms with Gasteiger partial charge in [0.15, 0.2) is 0 Å². The molecule has 0 aromatic heterocycles. The van der Waals surface area contributed by atoms with Gasteiger partial charge >= 0.3 is 5.97 Å². The molecule has 0 aromatic carbocycles. The second-order valence-electron chi connectivity index (χ2n) is 3.23. The molecule has 4 nitrogen and oxygen atoms in total. The van der Waals surface area contributed by atoms with Crippen LogP contribution in [0.25, 0.3) is 0 Å². The van der Waals surface area contributed by atoms with E-state index in [4.69, 9.17) is 4.74 Å². The second-order valence-corrected chi connectivity index (χ2v) is 3.23. The van der Waals surface area contributed by atoms with Crippen LogP contribution in [0.5, 0.6) is 0 Å². The average Bonchev–Trinajstić information content (AvgIpc) is 2.02. The lowest BCUT2D eigenvalue weighted by molar-refractivity contribution is -0.144. The van der Waals surface area contributed by atoms with Crippen molar-refractivity contribution in [1.82, 2.24) is 0 Å². The maximum absolute atomic E-state index is 11.0. The maximum Gasteiger partial charge on any atom is 0.305 e. The molecule has 0 atom stereocenters. The van der Waals surface area contributed by atoms with Gasteiger partial charge in [0, 0.05) is 19.3 Å². The van der Waals surface area contributed by atoms with Gasteiger partial charge in [-0.1, -0.05) is 7.43 Å². The number of hydrogen-bond donors (Lipinski definition) is 0. The Morgan fingerprint density at radius 2 is 1.47 bits per heavy atom. The van der Waals surface area contributed by atoms with Gasteiger partial charge in [0.25, 0.3) is 0 Å². The highest BCUT2D eigenvalue weighted by Gasteiger charge is 2.04. The lowest BCUT2D eigenvalue weighted by Gasteiger charge is -2.02. The molecule has 0 aliphatic rings. The highest BCUT2D eigenvalue weighted by atomic mass is 16.5. The van der Waals surface area contributed by atoms with Crippen LogP contribution >= 0.6 is 0 Å². The Morgan fingerprint density at radius 3 is 1.93 bits per heavy atom. The van der Waals surface area contributed by atoms with Gasteiger partial charge in [-0.3, -0.25) is 9.59 Å². The van der Waals surface area contributed by atoms with Crippen molar-refractivity contribution in [1.29, 1.82) is 0 Å². The Morgan fingerprint density at radius 1 is 0.933 bits per heavy atom. The maximum atomic E-state index is 11.0. The summed E-state index contributed by atoms with van der Waals surface area (Å²) in [5, 5.41) is 0. The van der Waals surface area contributed by atoms with Gasteiger partial charge in [-0.15, -0.1) is 0 Å². The number of esters is 1. The molecule has 0 aromatic rings. The summed E-state index contributed by atoms with van der Waals surface area (Å²) in [5.74, 6) is -0.268. The Kier molecular flexibility index (Phi) is 10.1. The van der Waals surface area contributed by atoms with Crippen LogP contribution in [0.15, 0.2) is 0 Å². The van der Waals surface area contributed by atoms with E-state index in [1.807, 2.05) is 0 Å². The summed E-state index contributed by atoms with van der Waals surface area (Å²) >= 11 is 0. The molecule has 88 valence electrons. The fourth-order valence-corrected chi connectivity index (χ4v) is 0.862. The molecule has 4 heteroatoms. The largest absolute Gasteiger partial charge is 0.465 e. The molecule has 15 heavy (non-hydrogen) atoms. The molecule has 0 aliphatic carbocycles. The first-order chi connectivity index (χ1) is 6.52. The summed E-state index contributed by atoms with van der Waals surface area (Å²) in [6.45, 7) is 3.08. The summed E-state index contributed by atoms with van der Waals surface area (Å²) in [6, 6.07) is 0. The summed E-state index contributed by atoms with van der Waals surface area (Å²) in [6.07, 6.45) is 1.44. The van der Waals surface area contributed by atoms with E-state index in [0.29, 0.717) is 12.8 Å². The van der Waals surface area contributed by atoms with Gasteiger partial charge < -0.3 is 9.53 Å². The van der Waals surface area contributed by atoms with Crippen LogP contribution in [0.1, 0.15) is 47.0 Å². The van der Waals surface area contributed by atoms with Gasteiger partial charge in [0.1, 0.15) is 11.6 Å². The fourth-order valence-electron chi connectivity index (χ4n) is 0.862. The van der Waals surface area contributed by atoms with Crippen molar-refractivity contribution in [3.8, 4) is 0 Å². The lowest BCUT2D eigenvalue weighted by Crippen LogP contribution is -2.08. The third-order valence-electron chi connectivity index (χ3n) is 1.63. The minimum absolute atomic E-state index is 0. The molecule has 0 fully saturated rings. The average molecular weight is 216 g/mol. The number of Topliss-reactive ketones (excluding diaryl/α,β-unsaturated/α-hetero) is 2. The predicted octanol–water partition coefficient (Wildman–Crippen LogP) is 1.90. The zero-order valence-electron chi connectivity index (χ0n) is 8.67. The molecule has 0 unspecified atom stereocenters. The summed E-state index contributed by atoms with van der Waals surface area (Å²) in [7, 11) is 0.